The van der Waals surface area contributed by atoms with Gasteiger partial charge in [0.15, 0.2) is 0 Å². The molecule has 0 bridgehead atoms. The molecule has 22 heavy (non-hydrogen) atoms. The Balaban J connectivity index is 2.20. The normalized spacial score (nSPS) is 10.4. The van der Waals surface area contributed by atoms with Gasteiger partial charge in [-0.15, -0.1) is 0 Å². The Bertz CT molecular complexity index is 870. The van der Waals surface area contributed by atoms with Crippen LogP contribution in [-0.2, 0) is 0 Å². The largest absolute Gasteiger partial charge is 0.461 e. The predicted octanol–water partition coefficient (Wildman–Crippen LogP) is 4.08. The van der Waals surface area contributed by atoms with Crippen LogP contribution in [0.15, 0.2) is 46.9 Å². The lowest BCUT2D eigenvalue weighted by Crippen LogP contribution is -1.99. The molecule has 0 amide bonds. The van der Waals surface area contributed by atoms with E-state index in [-0.39, 0.29) is 5.82 Å². The van der Waals surface area contributed by atoms with Gasteiger partial charge in [0.05, 0.1) is 5.69 Å². The molecular weight excluding hydrogens is 274 g/mol. The van der Waals surface area contributed by atoms with Crippen molar-refractivity contribution in [3.8, 4) is 28.7 Å². The molecule has 0 atom stereocenters. The first kappa shape index (κ1) is 13.9. The SMILES string of the molecule is Cc1ccc(-c2cc(-c3ccc(C)o3)c(C#N)c(N)n2)cc1. The Kier molecular flexibility index (Phi) is 3.40. The highest BCUT2D eigenvalue weighted by Crippen LogP contribution is 2.32. The number of nitrogens with two attached hydrogens (primary N) is 1. The molecule has 4 heteroatoms. The smallest absolute Gasteiger partial charge is 0.142 e. The van der Waals surface area contributed by atoms with Crippen LogP contribution in [-0.4, -0.2) is 4.98 Å². The third kappa shape index (κ3) is 2.45. The van der Waals surface area contributed by atoms with Crippen LogP contribution in [0.1, 0.15) is 16.9 Å². The van der Waals surface area contributed by atoms with E-state index in [0.717, 1.165) is 17.0 Å². The van der Waals surface area contributed by atoms with E-state index in [1.54, 1.807) is 0 Å². The van der Waals surface area contributed by atoms with Crippen LogP contribution in [0, 0.1) is 25.2 Å². The van der Waals surface area contributed by atoms with Gasteiger partial charge in [-0.2, -0.15) is 5.26 Å². The monoisotopic (exact) mass is 289 g/mol. The van der Waals surface area contributed by atoms with Gasteiger partial charge in [0, 0.05) is 11.1 Å². The fourth-order valence-corrected chi connectivity index (χ4v) is 2.33. The molecule has 0 unspecified atom stereocenters. The number of furan rings is 1. The van der Waals surface area contributed by atoms with Crippen LogP contribution in [0.25, 0.3) is 22.6 Å². The summed E-state index contributed by atoms with van der Waals surface area (Å²) >= 11 is 0. The van der Waals surface area contributed by atoms with Crippen LogP contribution in [0.2, 0.25) is 0 Å². The lowest BCUT2D eigenvalue weighted by molar-refractivity contribution is 0.548. The topological polar surface area (TPSA) is 75.8 Å². The Hall–Kier alpha value is -3.06. The van der Waals surface area contributed by atoms with Crippen molar-refractivity contribution in [2.45, 2.75) is 13.8 Å². The van der Waals surface area contributed by atoms with E-state index < -0.39 is 0 Å². The van der Waals surface area contributed by atoms with E-state index in [2.05, 4.69) is 11.1 Å². The van der Waals surface area contributed by atoms with Crippen LogP contribution in [0.4, 0.5) is 5.82 Å². The van der Waals surface area contributed by atoms with Crippen molar-refractivity contribution < 1.29 is 4.42 Å². The van der Waals surface area contributed by atoms with E-state index in [1.807, 2.05) is 56.3 Å². The minimum atomic E-state index is 0.213. The summed E-state index contributed by atoms with van der Waals surface area (Å²) in [5, 5.41) is 9.35. The number of rotatable bonds is 2. The molecular formula is C18H15N3O. The number of aromatic nitrogens is 1. The number of pyridine rings is 1. The zero-order chi connectivity index (χ0) is 15.7. The first-order valence-electron chi connectivity index (χ1n) is 6.93. The number of hydrogen-bond acceptors (Lipinski definition) is 4. The molecule has 0 fully saturated rings. The summed E-state index contributed by atoms with van der Waals surface area (Å²) in [5.41, 5.74) is 9.82. The predicted molar refractivity (Wildman–Crippen MR) is 86.0 cm³/mol. The molecule has 0 spiro atoms. The fraction of sp³-hybridized carbons (Fsp3) is 0.111. The third-order valence-corrected chi connectivity index (χ3v) is 3.51. The Morgan fingerprint density at radius 2 is 1.82 bits per heavy atom. The molecule has 0 aliphatic carbocycles. The van der Waals surface area contributed by atoms with Crippen molar-refractivity contribution in [3.63, 3.8) is 0 Å². The number of nitriles is 1. The van der Waals surface area contributed by atoms with E-state index in [1.165, 1.54) is 5.56 Å². The molecule has 4 nitrogen and oxygen atoms in total. The lowest BCUT2D eigenvalue weighted by atomic mass is 10.0. The molecule has 0 saturated carbocycles. The average molecular weight is 289 g/mol. The first-order chi connectivity index (χ1) is 10.6. The summed E-state index contributed by atoms with van der Waals surface area (Å²) in [6.45, 7) is 3.89. The minimum absolute atomic E-state index is 0.213. The number of nitrogens with zero attached hydrogens (tertiary/aromatic N) is 2. The van der Waals surface area contributed by atoms with E-state index >= 15 is 0 Å². The Morgan fingerprint density at radius 1 is 1.09 bits per heavy atom. The molecule has 2 N–H and O–H groups in total. The number of hydrogen-bond donors (Lipinski definition) is 1. The van der Waals surface area contributed by atoms with Crippen molar-refractivity contribution in [3.05, 3.63) is 59.4 Å². The summed E-state index contributed by atoms with van der Waals surface area (Å²) in [6, 6.07) is 15.7. The second-order valence-corrected chi connectivity index (χ2v) is 5.20. The third-order valence-electron chi connectivity index (χ3n) is 3.51. The van der Waals surface area contributed by atoms with E-state index in [9.17, 15) is 5.26 Å². The highest BCUT2D eigenvalue weighted by molar-refractivity contribution is 5.78. The van der Waals surface area contributed by atoms with Crippen LogP contribution >= 0.6 is 0 Å². The summed E-state index contributed by atoms with van der Waals surface area (Å²) in [5.74, 6) is 1.62. The molecule has 3 aromatic rings. The van der Waals surface area contributed by atoms with Crippen molar-refractivity contribution in [1.29, 1.82) is 5.26 Å². The molecule has 0 aliphatic rings. The molecule has 0 radical (unpaired) electrons. The maximum absolute atomic E-state index is 9.35. The average Bonchev–Trinajstić information content (AvgIpc) is 2.93. The van der Waals surface area contributed by atoms with Gasteiger partial charge in [0.2, 0.25) is 0 Å². The molecule has 0 saturated heterocycles. The van der Waals surface area contributed by atoms with Gasteiger partial charge in [0.25, 0.3) is 0 Å². The number of nitrogen functional groups attached to an aromatic ring is 1. The maximum Gasteiger partial charge on any atom is 0.142 e. The summed E-state index contributed by atoms with van der Waals surface area (Å²) in [4.78, 5) is 4.35. The number of aryl methyl sites for hydroxylation is 2. The van der Waals surface area contributed by atoms with Gasteiger partial charge in [-0.05, 0) is 32.0 Å². The molecule has 2 heterocycles. The summed E-state index contributed by atoms with van der Waals surface area (Å²) in [6.07, 6.45) is 0. The second-order valence-electron chi connectivity index (χ2n) is 5.20. The van der Waals surface area contributed by atoms with Gasteiger partial charge >= 0.3 is 0 Å². The van der Waals surface area contributed by atoms with Gasteiger partial charge in [-0.1, -0.05) is 29.8 Å². The van der Waals surface area contributed by atoms with Gasteiger partial charge < -0.3 is 10.2 Å². The second kappa shape index (κ2) is 5.38. The molecule has 0 aliphatic heterocycles. The van der Waals surface area contributed by atoms with E-state index in [4.69, 9.17) is 10.2 Å². The van der Waals surface area contributed by atoms with Crippen molar-refractivity contribution in [1.82, 2.24) is 4.98 Å². The quantitative estimate of drug-likeness (QED) is 0.771. The van der Waals surface area contributed by atoms with Gasteiger partial charge in [0.1, 0.15) is 29.0 Å². The standard InChI is InChI=1S/C18H15N3O/c1-11-3-6-13(7-4-11)16-9-14(15(10-19)18(20)21-16)17-8-5-12(2)22-17/h3-9H,1-2H3,(H2,20,21). The Morgan fingerprint density at radius 3 is 2.41 bits per heavy atom. The zero-order valence-corrected chi connectivity index (χ0v) is 12.4. The first-order valence-corrected chi connectivity index (χ1v) is 6.93. The molecule has 3 rings (SSSR count). The maximum atomic E-state index is 9.35. The minimum Gasteiger partial charge on any atom is -0.461 e. The lowest BCUT2D eigenvalue weighted by Gasteiger charge is -2.08. The van der Waals surface area contributed by atoms with Crippen LogP contribution in [0.5, 0.6) is 0 Å². The van der Waals surface area contributed by atoms with Crippen molar-refractivity contribution in [2.24, 2.45) is 0 Å². The summed E-state index contributed by atoms with van der Waals surface area (Å²) in [7, 11) is 0. The molecule has 108 valence electrons. The van der Waals surface area contributed by atoms with Crippen molar-refractivity contribution >= 4 is 5.82 Å². The highest BCUT2D eigenvalue weighted by atomic mass is 16.3. The molecule has 1 aromatic carbocycles. The Labute approximate surface area is 128 Å². The van der Waals surface area contributed by atoms with E-state index in [0.29, 0.717) is 16.9 Å². The van der Waals surface area contributed by atoms with Crippen LogP contribution in [0.3, 0.4) is 0 Å². The highest BCUT2D eigenvalue weighted by Gasteiger charge is 2.15. The number of benzene rings is 1. The van der Waals surface area contributed by atoms with Crippen molar-refractivity contribution in [2.75, 3.05) is 5.73 Å². The molecule has 2 aromatic heterocycles. The number of anilines is 1. The van der Waals surface area contributed by atoms with Gasteiger partial charge in [-0.3, -0.25) is 0 Å². The fourth-order valence-electron chi connectivity index (χ4n) is 2.33. The zero-order valence-electron chi connectivity index (χ0n) is 12.4. The van der Waals surface area contributed by atoms with Crippen LogP contribution < -0.4 is 5.73 Å². The van der Waals surface area contributed by atoms with Gasteiger partial charge in [-0.25, -0.2) is 4.98 Å². The summed E-state index contributed by atoms with van der Waals surface area (Å²) < 4.78 is 5.64.